The highest BCUT2D eigenvalue weighted by atomic mass is 79.9. The Labute approximate surface area is 128 Å². The highest BCUT2D eigenvalue weighted by molar-refractivity contribution is 9.10. The minimum absolute atomic E-state index is 0.0278. The van der Waals surface area contributed by atoms with Crippen LogP contribution in [-0.4, -0.2) is 22.0 Å². The molecule has 0 unspecified atom stereocenters. The van der Waals surface area contributed by atoms with Crippen LogP contribution in [0, 0.1) is 19.7 Å². The second-order valence-corrected chi connectivity index (χ2v) is 5.42. The predicted octanol–water partition coefficient (Wildman–Crippen LogP) is 3.48. The van der Waals surface area contributed by atoms with Crippen LogP contribution in [0.1, 0.15) is 32.1 Å². The van der Waals surface area contributed by atoms with Gasteiger partial charge < -0.3 is 15.4 Å². The van der Waals surface area contributed by atoms with E-state index in [4.69, 9.17) is 5.11 Å². The average Bonchev–Trinajstić information content (AvgIpc) is 2.68. The zero-order chi connectivity index (χ0) is 15.7. The lowest BCUT2D eigenvalue weighted by molar-refractivity contribution is 0.0690. The number of carbonyl (C=O) groups is 2. The van der Waals surface area contributed by atoms with Crippen molar-refractivity contribution >= 4 is 33.5 Å². The van der Waals surface area contributed by atoms with E-state index in [1.807, 2.05) is 0 Å². The van der Waals surface area contributed by atoms with Crippen LogP contribution in [0.3, 0.4) is 0 Å². The molecule has 110 valence electrons. The van der Waals surface area contributed by atoms with Crippen LogP contribution in [0.2, 0.25) is 0 Å². The fourth-order valence-corrected chi connectivity index (χ4v) is 2.41. The van der Waals surface area contributed by atoms with Crippen LogP contribution in [0.25, 0.3) is 0 Å². The van der Waals surface area contributed by atoms with Crippen molar-refractivity contribution in [2.75, 3.05) is 5.32 Å². The van der Waals surface area contributed by atoms with E-state index in [1.54, 1.807) is 13.0 Å². The maximum atomic E-state index is 13.7. The third-order valence-electron chi connectivity index (χ3n) is 3.06. The minimum atomic E-state index is -1.15. The smallest absolute Gasteiger partial charge is 0.352 e. The summed E-state index contributed by atoms with van der Waals surface area (Å²) < 4.78 is 14.3. The number of aromatic nitrogens is 1. The number of rotatable bonds is 3. The number of amides is 1. The number of carboxylic acids is 1. The van der Waals surface area contributed by atoms with Crippen molar-refractivity contribution in [3.8, 4) is 0 Å². The first-order valence-electron chi connectivity index (χ1n) is 6.00. The van der Waals surface area contributed by atoms with E-state index in [1.165, 1.54) is 19.1 Å². The molecule has 0 aliphatic carbocycles. The van der Waals surface area contributed by atoms with Crippen molar-refractivity contribution in [3.63, 3.8) is 0 Å². The van der Waals surface area contributed by atoms with Gasteiger partial charge in [0.05, 0.1) is 11.3 Å². The maximum absolute atomic E-state index is 13.7. The summed E-state index contributed by atoms with van der Waals surface area (Å²) >= 11 is 3.13. The summed E-state index contributed by atoms with van der Waals surface area (Å²) in [4.78, 5) is 25.9. The lowest BCUT2D eigenvalue weighted by Crippen LogP contribution is -2.15. The Morgan fingerprint density at radius 2 is 2.00 bits per heavy atom. The van der Waals surface area contributed by atoms with E-state index < -0.39 is 17.7 Å². The molecule has 0 fully saturated rings. The number of nitrogens with one attached hydrogen (secondary N) is 2. The van der Waals surface area contributed by atoms with Gasteiger partial charge in [0.25, 0.3) is 5.91 Å². The molecule has 21 heavy (non-hydrogen) atoms. The van der Waals surface area contributed by atoms with Gasteiger partial charge in [-0.2, -0.15) is 0 Å². The molecule has 1 aromatic heterocycles. The number of benzene rings is 1. The third kappa shape index (κ3) is 2.97. The molecular formula is C14H12BrFN2O3. The van der Waals surface area contributed by atoms with Gasteiger partial charge in [-0.3, -0.25) is 4.79 Å². The lowest BCUT2D eigenvalue weighted by Gasteiger charge is -2.07. The highest BCUT2D eigenvalue weighted by Crippen LogP contribution is 2.23. The second kappa shape index (κ2) is 5.69. The van der Waals surface area contributed by atoms with Gasteiger partial charge in [-0.15, -0.1) is 0 Å². The van der Waals surface area contributed by atoms with E-state index in [0.717, 1.165) is 0 Å². The molecule has 0 saturated carbocycles. The summed E-state index contributed by atoms with van der Waals surface area (Å²) in [5.41, 5.74) is 0.915. The molecular weight excluding hydrogens is 343 g/mol. The first-order valence-corrected chi connectivity index (χ1v) is 6.79. The minimum Gasteiger partial charge on any atom is -0.477 e. The molecule has 3 N–H and O–H groups in total. The number of aromatic carboxylic acids is 1. The van der Waals surface area contributed by atoms with Crippen LogP contribution in [0.15, 0.2) is 22.7 Å². The average molecular weight is 355 g/mol. The molecule has 0 bridgehead atoms. The number of aromatic amines is 1. The SMILES string of the molecule is Cc1[nH]c(C(=O)O)c(C)c1C(=O)Nc1ccc(Br)cc1F. The number of carbonyl (C=O) groups excluding carboxylic acids is 1. The van der Waals surface area contributed by atoms with Crippen molar-refractivity contribution in [1.82, 2.24) is 4.98 Å². The molecule has 1 amide bonds. The molecule has 0 aliphatic rings. The Bertz CT molecular complexity index is 740. The number of aryl methyl sites for hydroxylation is 1. The first kappa shape index (κ1) is 15.2. The topological polar surface area (TPSA) is 82.2 Å². The van der Waals surface area contributed by atoms with Crippen LogP contribution in [0.5, 0.6) is 0 Å². The van der Waals surface area contributed by atoms with Crippen LogP contribution >= 0.6 is 15.9 Å². The summed E-state index contributed by atoms with van der Waals surface area (Å²) in [6, 6.07) is 4.25. The van der Waals surface area contributed by atoms with Gasteiger partial charge in [0.1, 0.15) is 11.5 Å². The van der Waals surface area contributed by atoms with Gasteiger partial charge in [0.15, 0.2) is 0 Å². The Hall–Kier alpha value is -2.15. The molecule has 2 aromatic rings. The number of H-pyrrole nitrogens is 1. The van der Waals surface area contributed by atoms with Gasteiger partial charge in [0.2, 0.25) is 0 Å². The van der Waals surface area contributed by atoms with Gasteiger partial charge in [-0.1, -0.05) is 15.9 Å². The second-order valence-electron chi connectivity index (χ2n) is 4.51. The molecule has 0 saturated heterocycles. The fourth-order valence-electron chi connectivity index (χ4n) is 2.08. The van der Waals surface area contributed by atoms with Crippen molar-refractivity contribution in [2.24, 2.45) is 0 Å². The van der Waals surface area contributed by atoms with E-state index in [2.05, 4.69) is 26.2 Å². The highest BCUT2D eigenvalue weighted by Gasteiger charge is 2.22. The van der Waals surface area contributed by atoms with E-state index in [9.17, 15) is 14.0 Å². The summed E-state index contributed by atoms with van der Waals surface area (Å²) in [7, 11) is 0. The van der Waals surface area contributed by atoms with Gasteiger partial charge in [0, 0.05) is 10.2 Å². The Kier molecular flexibility index (Phi) is 4.13. The van der Waals surface area contributed by atoms with E-state index in [-0.39, 0.29) is 16.9 Å². The van der Waals surface area contributed by atoms with Crippen molar-refractivity contribution in [2.45, 2.75) is 13.8 Å². The molecule has 0 radical (unpaired) electrons. The largest absolute Gasteiger partial charge is 0.477 e. The molecule has 7 heteroatoms. The summed E-state index contributed by atoms with van der Waals surface area (Å²) in [6.07, 6.45) is 0. The van der Waals surface area contributed by atoms with Gasteiger partial charge in [-0.25, -0.2) is 9.18 Å². The third-order valence-corrected chi connectivity index (χ3v) is 3.55. The molecule has 0 spiro atoms. The Morgan fingerprint density at radius 3 is 2.52 bits per heavy atom. The molecule has 2 rings (SSSR count). The predicted molar refractivity (Wildman–Crippen MR) is 79.3 cm³/mol. The molecule has 1 heterocycles. The van der Waals surface area contributed by atoms with Crippen LogP contribution < -0.4 is 5.32 Å². The van der Waals surface area contributed by atoms with Crippen molar-refractivity contribution < 1.29 is 19.1 Å². The van der Waals surface area contributed by atoms with Crippen LogP contribution in [-0.2, 0) is 0 Å². The summed E-state index contributed by atoms with van der Waals surface area (Å²) in [5.74, 6) is -2.29. The van der Waals surface area contributed by atoms with Crippen molar-refractivity contribution in [3.05, 3.63) is 51.0 Å². The summed E-state index contributed by atoms with van der Waals surface area (Å²) in [5, 5.41) is 11.5. The standard InChI is InChI=1S/C14H12BrFN2O3/c1-6-11(7(2)17-12(6)14(20)21)13(19)18-10-4-3-8(15)5-9(10)16/h3-5,17H,1-2H3,(H,18,19)(H,20,21). The number of hydrogen-bond donors (Lipinski definition) is 3. The van der Waals surface area contributed by atoms with E-state index in [0.29, 0.717) is 15.7 Å². The van der Waals surface area contributed by atoms with Gasteiger partial charge in [-0.05, 0) is 37.6 Å². The number of anilines is 1. The monoisotopic (exact) mass is 354 g/mol. The Morgan fingerprint density at radius 1 is 1.33 bits per heavy atom. The zero-order valence-corrected chi connectivity index (χ0v) is 12.8. The molecule has 5 nitrogen and oxygen atoms in total. The lowest BCUT2D eigenvalue weighted by atomic mass is 10.1. The molecule has 0 atom stereocenters. The summed E-state index contributed by atoms with van der Waals surface area (Å²) in [6.45, 7) is 3.12. The number of halogens is 2. The number of carboxylic acid groups (broad SMARTS) is 1. The molecule has 0 aliphatic heterocycles. The van der Waals surface area contributed by atoms with E-state index >= 15 is 0 Å². The Balaban J connectivity index is 2.35. The maximum Gasteiger partial charge on any atom is 0.352 e. The molecule has 1 aromatic carbocycles. The normalized spacial score (nSPS) is 10.5. The van der Waals surface area contributed by atoms with Crippen LogP contribution in [0.4, 0.5) is 10.1 Å². The van der Waals surface area contributed by atoms with Gasteiger partial charge >= 0.3 is 5.97 Å². The fraction of sp³-hybridized carbons (Fsp3) is 0.143. The van der Waals surface area contributed by atoms with Crippen molar-refractivity contribution in [1.29, 1.82) is 0 Å². The number of hydrogen-bond acceptors (Lipinski definition) is 2. The zero-order valence-electron chi connectivity index (χ0n) is 11.3. The quantitative estimate of drug-likeness (QED) is 0.788. The first-order chi connectivity index (χ1) is 9.81.